The molecule has 1 rings (SSSR count). The van der Waals surface area contributed by atoms with Crippen LogP contribution >= 0.6 is 0 Å². The van der Waals surface area contributed by atoms with Crippen molar-refractivity contribution >= 4 is 5.69 Å². The number of hydrogen-bond acceptors (Lipinski definition) is 3. The molecular weight excluding hydrogens is 198 g/mol. The second-order valence-electron chi connectivity index (χ2n) is 4.01. The van der Waals surface area contributed by atoms with E-state index in [0.29, 0.717) is 12.1 Å². The second-order valence-corrected chi connectivity index (χ2v) is 4.01. The van der Waals surface area contributed by atoms with Gasteiger partial charge in [0.25, 0.3) is 0 Å². The molecule has 3 N–H and O–H groups in total. The summed E-state index contributed by atoms with van der Waals surface area (Å²) in [5.41, 5.74) is 7.48. The highest BCUT2D eigenvalue weighted by molar-refractivity contribution is 5.49. The topological polar surface area (TPSA) is 61.8 Å². The van der Waals surface area contributed by atoms with Crippen LogP contribution < -0.4 is 11.1 Å². The summed E-state index contributed by atoms with van der Waals surface area (Å²) >= 11 is 0. The molecule has 16 heavy (non-hydrogen) atoms. The summed E-state index contributed by atoms with van der Waals surface area (Å²) in [4.78, 5) is 0. The quantitative estimate of drug-likeness (QED) is 0.796. The van der Waals surface area contributed by atoms with Crippen molar-refractivity contribution in [2.45, 2.75) is 32.2 Å². The number of rotatable bonds is 5. The SMILES string of the molecule is CCC(CC)(CN)Nc1ccc(C#N)cc1. The number of benzene rings is 1. The Labute approximate surface area is 97.3 Å². The maximum absolute atomic E-state index is 8.71. The lowest BCUT2D eigenvalue weighted by atomic mass is 9.92. The van der Waals surface area contributed by atoms with Crippen molar-refractivity contribution in [3.05, 3.63) is 29.8 Å². The largest absolute Gasteiger partial charge is 0.378 e. The van der Waals surface area contributed by atoms with Crippen LogP contribution in [0.3, 0.4) is 0 Å². The number of hydrogen-bond donors (Lipinski definition) is 2. The normalized spacial score (nSPS) is 10.9. The summed E-state index contributed by atoms with van der Waals surface area (Å²) in [6, 6.07) is 9.59. The van der Waals surface area contributed by atoms with Crippen LogP contribution in [0, 0.1) is 11.3 Å². The monoisotopic (exact) mass is 217 g/mol. The minimum Gasteiger partial charge on any atom is -0.378 e. The van der Waals surface area contributed by atoms with Crippen LogP contribution in [0.15, 0.2) is 24.3 Å². The third kappa shape index (κ3) is 2.74. The molecule has 0 bridgehead atoms. The lowest BCUT2D eigenvalue weighted by Gasteiger charge is -2.32. The minimum atomic E-state index is -0.0336. The predicted octanol–water partition coefficient (Wildman–Crippen LogP) is 2.49. The van der Waals surface area contributed by atoms with Crippen LogP contribution in [-0.2, 0) is 0 Å². The second kappa shape index (κ2) is 5.53. The van der Waals surface area contributed by atoms with Gasteiger partial charge in [-0.3, -0.25) is 0 Å². The molecule has 1 aromatic rings. The van der Waals surface area contributed by atoms with Gasteiger partial charge in [-0.1, -0.05) is 13.8 Å². The van der Waals surface area contributed by atoms with E-state index in [2.05, 4.69) is 25.2 Å². The first-order chi connectivity index (χ1) is 7.69. The van der Waals surface area contributed by atoms with Crippen LogP contribution in [0.2, 0.25) is 0 Å². The van der Waals surface area contributed by atoms with E-state index >= 15 is 0 Å². The van der Waals surface area contributed by atoms with Gasteiger partial charge in [-0.2, -0.15) is 5.26 Å². The molecule has 0 amide bonds. The van der Waals surface area contributed by atoms with E-state index in [-0.39, 0.29) is 5.54 Å². The third-order valence-electron chi connectivity index (χ3n) is 3.17. The van der Waals surface area contributed by atoms with Crippen molar-refractivity contribution in [2.75, 3.05) is 11.9 Å². The van der Waals surface area contributed by atoms with Crippen molar-refractivity contribution in [1.29, 1.82) is 5.26 Å². The number of nitrogens with two attached hydrogens (primary N) is 1. The van der Waals surface area contributed by atoms with Gasteiger partial charge in [-0.05, 0) is 37.1 Å². The first kappa shape index (κ1) is 12.5. The molecule has 0 radical (unpaired) electrons. The summed E-state index contributed by atoms with van der Waals surface area (Å²) in [5.74, 6) is 0. The van der Waals surface area contributed by atoms with Crippen molar-refractivity contribution in [2.24, 2.45) is 5.73 Å². The highest BCUT2D eigenvalue weighted by Gasteiger charge is 2.23. The van der Waals surface area contributed by atoms with E-state index in [1.807, 2.05) is 24.3 Å². The van der Waals surface area contributed by atoms with Gasteiger partial charge < -0.3 is 11.1 Å². The number of nitrogens with one attached hydrogen (secondary N) is 1. The fourth-order valence-corrected chi connectivity index (χ4v) is 1.70. The zero-order chi connectivity index (χ0) is 12.0. The minimum absolute atomic E-state index is 0.0336. The Kier molecular flexibility index (Phi) is 4.33. The standard InChI is InChI=1S/C13H19N3/c1-3-13(4-2,10-15)16-12-7-5-11(9-14)6-8-12/h5-8,16H,3-4,10,15H2,1-2H3. The van der Waals surface area contributed by atoms with Gasteiger partial charge in [0.1, 0.15) is 0 Å². The third-order valence-corrected chi connectivity index (χ3v) is 3.17. The summed E-state index contributed by atoms with van der Waals surface area (Å²) in [6.07, 6.45) is 1.97. The fraction of sp³-hybridized carbons (Fsp3) is 0.462. The average molecular weight is 217 g/mol. The Morgan fingerprint density at radius 1 is 1.25 bits per heavy atom. The molecule has 3 nitrogen and oxygen atoms in total. The number of nitriles is 1. The van der Waals surface area contributed by atoms with Crippen molar-refractivity contribution in [1.82, 2.24) is 0 Å². The van der Waals surface area contributed by atoms with Gasteiger partial charge in [0.05, 0.1) is 11.6 Å². The molecule has 0 saturated carbocycles. The molecule has 0 heterocycles. The van der Waals surface area contributed by atoms with E-state index in [1.54, 1.807) is 0 Å². The molecule has 0 aliphatic heterocycles. The van der Waals surface area contributed by atoms with E-state index in [0.717, 1.165) is 18.5 Å². The molecule has 0 aliphatic carbocycles. The molecule has 0 aromatic heterocycles. The number of nitrogens with zero attached hydrogens (tertiary/aromatic N) is 1. The van der Waals surface area contributed by atoms with Gasteiger partial charge in [0, 0.05) is 17.8 Å². The summed E-state index contributed by atoms with van der Waals surface area (Å²) in [7, 11) is 0. The smallest absolute Gasteiger partial charge is 0.0991 e. The molecule has 86 valence electrons. The Morgan fingerprint density at radius 3 is 2.19 bits per heavy atom. The Morgan fingerprint density at radius 2 is 1.81 bits per heavy atom. The molecule has 0 saturated heterocycles. The van der Waals surface area contributed by atoms with Crippen LogP contribution in [0.5, 0.6) is 0 Å². The van der Waals surface area contributed by atoms with Crippen molar-refractivity contribution < 1.29 is 0 Å². The summed E-state index contributed by atoms with van der Waals surface area (Å²) < 4.78 is 0. The lowest BCUT2D eigenvalue weighted by molar-refractivity contribution is 0.445. The summed E-state index contributed by atoms with van der Waals surface area (Å²) in [6.45, 7) is 4.88. The zero-order valence-electron chi connectivity index (χ0n) is 9.96. The average Bonchev–Trinajstić information content (AvgIpc) is 2.37. The molecule has 0 spiro atoms. The molecule has 0 atom stereocenters. The van der Waals surface area contributed by atoms with Gasteiger partial charge in [-0.15, -0.1) is 0 Å². The molecule has 1 aromatic carbocycles. The number of anilines is 1. The highest BCUT2D eigenvalue weighted by atomic mass is 15.0. The highest BCUT2D eigenvalue weighted by Crippen LogP contribution is 2.21. The van der Waals surface area contributed by atoms with Gasteiger partial charge in [0.15, 0.2) is 0 Å². The van der Waals surface area contributed by atoms with E-state index < -0.39 is 0 Å². The Bertz CT molecular complexity index is 349. The first-order valence-electron chi connectivity index (χ1n) is 5.68. The molecule has 0 unspecified atom stereocenters. The molecule has 0 aliphatic rings. The van der Waals surface area contributed by atoms with Gasteiger partial charge in [0.2, 0.25) is 0 Å². The van der Waals surface area contributed by atoms with Crippen LogP contribution in [0.1, 0.15) is 32.3 Å². The summed E-state index contributed by atoms with van der Waals surface area (Å²) in [5, 5.41) is 12.2. The van der Waals surface area contributed by atoms with E-state index in [4.69, 9.17) is 11.0 Å². The van der Waals surface area contributed by atoms with Crippen LogP contribution in [0.25, 0.3) is 0 Å². The molecule has 3 heteroatoms. The lowest BCUT2D eigenvalue weighted by Crippen LogP contribution is -2.44. The van der Waals surface area contributed by atoms with Crippen LogP contribution in [0.4, 0.5) is 5.69 Å². The Hall–Kier alpha value is -1.53. The maximum Gasteiger partial charge on any atom is 0.0991 e. The van der Waals surface area contributed by atoms with Crippen molar-refractivity contribution in [3.63, 3.8) is 0 Å². The predicted molar refractivity (Wildman–Crippen MR) is 67.1 cm³/mol. The van der Waals surface area contributed by atoms with Crippen LogP contribution in [-0.4, -0.2) is 12.1 Å². The van der Waals surface area contributed by atoms with Gasteiger partial charge in [-0.25, -0.2) is 0 Å². The first-order valence-corrected chi connectivity index (χ1v) is 5.68. The fourth-order valence-electron chi connectivity index (χ4n) is 1.70. The zero-order valence-corrected chi connectivity index (χ0v) is 9.96. The van der Waals surface area contributed by atoms with E-state index in [9.17, 15) is 0 Å². The molecular formula is C13H19N3. The maximum atomic E-state index is 8.71. The Balaban J connectivity index is 2.82. The van der Waals surface area contributed by atoms with Gasteiger partial charge >= 0.3 is 0 Å². The molecule has 0 fully saturated rings. The van der Waals surface area contributed by atoms with Crippen molar-refractivity contribution in [3.8, 4) is 6.07 Å². The van der Waals surface area contributed by atoms with E-state index in [1.165, 1.54) is 0 Å².